The van der Waals surface area contributed by atoms with Gasteiger partial charge in [0, 0.05) is 12.1 Å². The molecule has 0 bridgehead atoms. The lowest BCUT2D eigenvalue weighted by Crippen LogP contribution is -2.31. The van der Waals surface area contributed by atoms with Crippen molar-refractivity contribution < 1.29 is 9.90 Å². The van der Waals surface area contributed by atoms with Gasteiger partial charge in [0.05, 0.1) is 12.6 Å². The molecule has 1 heterocycles. The van der Waals surface area contributed by atoms with Crippen LogP contribution in [0, 0.1) is 0 Å². The van der Waals surface area contributed by atoms with Crippen molar-refractivity contribution in [1.29, 1.82) is 0 Å². The van der Waals surface area contributed by atoms with Gasteiger partial charge in [-0.2, -0.15) is 0 Å². The highest BCUT2D eigenvalue weighted by molar-refractivity contribution is 5.92. The SMILES string of the molecule is CCc1ccc(C(CO)NC(=O)c2ccnc(C3CC3)n2)cc1. The van der Waals surface area contributed by atoms with Gasteiger partial charge in [0.15, 0.2) is 0 Å². The standard InChI is InChI=1S/C18H21N3O2/c1-2-12-3-5-13(6-4-12)16(11-22)21-18(23)15-9-10-19-17(20-15)14-7-8-14/h3-6,9-10,14,16,22H,2,7-8,11H2,1H3,(H,21,23). The molecule has 1 aliphatic rings. The van der Waals surface area contributed by atoms with Gasteiger partial charge >= 0.3 is 0 Å². The lowest BCUT2D eigenvalue weighted by molar-refractivity contribution is 0.0910. The number of aliphatic hydroxyl groups excluding tert-OH is 1. The van der Waals surface area contributed by atoms with Crippen LogP contribution < -0.4 is 5.32 Å². The van der Waals surface area contributed by atoms with Crippen molar-refractivity contribution in [3.05, 3.63) is 59.2 Å². The minimum atomic E-state index is -0.437. The second-order valence-electron chi connectivity index (χ2n) is 5.88. The number of aryl methyl sites for hydroxylation is 1. The van der Waals surface area contributed by atoms with E-state index >= 15 is 0 Å². The lowest BCUT2D eigenvalue weighted by Gasteiger charge is -2.17. The molecule has 0 radical (unpaired) electrons. The van der Waals surface area contributed by atoms with Crippen LogP contribution in [-0.2, 0) is 6.42 Å². The Hall–Kier alpha value is -2.27. The molecule has 5 heteroatoms. The number of amides is 1. The average molecular weight is 311 g/mol. The van der Waals surface area contributed by atoms with E-state index in [1.54, 1.807) is 12.3 Å². The fourth-order valence-electron chi connectivity index (χ4n) is 2.49. The summed E-state index contributed by atoms with van der Waals surface area (Å²) in [6.07, 6.45) is 4.77. The summed E-state index contributed by atoms with van der Waals surface area (Å²) in [6, 6.07) is 9.08. The zero-order valence-corrected chi connectivity index (χ0v) is 13.2. The number of hydrogen-bond acceptors (Lipinski definition) is 4. The van der Waals surface area contributed by atoms with Crippen LogP contribution in [0.25, 0.3) is 0 Å². The van der Waals surface area contributed by atoms with Gasteiger partial charge in [0.1, 0.15) is 11.5 Å². The molecule has 1 saturated carbocycles. The van der Waals surface area contributed by atoms with E-state index in [1.165, 1.54) is 5.56 Å². The monoisotopic (exact) mass is 311 g/mol. The molecule has 0 aliphatic heterocycles. The largest absolute Gasteiger partial charge is 0.394 e. The molecule has 23 heavy (non-hydrogen) atoms. The van der Waals surface area contributed by atoms with E-state index in [-0.39, 0.29) is 12.5 Å². The Balaban J connectivity index is 1.72. The van der Waals surface area contributed by atoms with Gasteiger partial charge in [-0.1, -0.05) is 31.2 Å². The molecule has 3 rings (SSSR count). The maximum Gasteiger partial charge on any atom is 0.270 e. The molecule has 120 valence electrons. The van der Waals surface area contributed by atoms with Crippen LogP contribution >= 0.6 is 0 Å². The number of carbonyl (C=O) groups excluding carboxylic acids is 1. The molecule has 1 atom stereocenters. The number of nitrogens with zero attached hydrogens (tertiary/aromatic N) is 2. The Kier molecular flexibility index (Phi) is 4.67. The highest BCUT2D eigenvalue weighted by Crippen LogP contribution is 2.37. The second-order valence-corrected chi connectivity index (χ2v) is 5.88. The van der Waals surface area contributed by atoms with Gasteiger partial charge in [0.25, 0.3) is 5.91 Å². The number of nitrogens with one attached hydrogen (secondary N) is 1. The van der Waals surface area contributed by atoms with E-state index in [2.05, 4.69) is 22.2 Å². The van der Waals surface area contributed by atoms with Crippen LogP contribution in [0.15, 0.2) is 36.5 Å². The Labute approximate surface area is 135 Å². The number of aromatic nitrogens is 2. The predicted molar refractivity (Wildman–Crippen MR) is 87.1 cm³/mol. The van der Waals surface area contributed by atoms with Crippen LogP contribution in [0.5, 0.6) is 0 Å². The van der Waals surface area contributed by atoms with Gasteiger partial charge in [0.2, 0.25) is 0 Å². The quantitative estimate of drug-likeness (QED) is 0.859. The van der Waals surface area contributed by atoms with Crippen molar-refractivity contribution >= 4 is 5.91 Å². The first-order valence-electron chi connectivity index (χ1n) is 8.04. The summed E-state index contributed by atoms with van der Waals surface area (Å²) in [5.74, 6) is 0.858. The first kappa shape index (κ1) is 15.6. The third-order valence-corrected chi connectivity index (χ3v) is 4.13. The summed E-state index contributed by atoms with van der Waals surface area (Å²) >= 11 is 0. The highest BCUT2D eigenvalue weighted by Gasteiger charge is 2.27. The van der Waals surface area contributed by atoms with E-state index in [0.29, 0.717) is 11.6 Å². The zero-order valence-electron chi connectivity index (χ0n) is 13.2. The maximum atomic E-state index is 12.4. The summed E-state index contributed by atoms with van der Waals surface area (Å²) in [5, 5.41) is 12.5. The van der Waals surface area contributed by atoms with Gasteiger partial charge in [-0.05, 0) is 36.5 Å². The zero-order chi connectivity index (χ0) is 16.2. The molecule has 0 saturated heterocycles. The molecule has 5 nitrogen and oxygen atoms in total. The van der Waals surface area contributed by atoms with Crippen LogP contribution in [0.1, 0.15) is 59.2 Å². The number of aliphatic hydroxyl groups is 1. The minimum Gasteiger partial charge on any atom is -0.394 e. The van der Waals surface area contributed by atoms with Crippen LogP contribution in [0.2, 0.25) is 0 Å². The lowest BCUT2D eigenvalue weighted by atomic mass is 10.0. The summed E-state index contributed by atoms with van der Waals surface area (Å²) in [6.45, 7) is 1.94. The molecule has 1 fully saturated rings. The van der Waals surface area contributed by atoms with E-state index < -0.39 is 6.04 Å². The van der Waals surface area contributed by atoms with Crippen LogP contribution in [-0.4, -0.2) is 27.6 Å². The Morgan fingerprint density at radius 1 is 1.30 bits per heavy atom. The second kappa shape index (κ2) is 6.87. The van der Waals surface area contributed by atoms with Crippen molar-refractivity contribution in [3.8, 4) is 0 Å². The predicted octanol–water partition coefficient (Wildman–Crippen LogP) is 2.38. The van der Waals surface area contributed by atoms with E-state index in [1.807, 2.05) is 24.3 Å². The Bertz CT molecular complexity index is 681. The van der Waals surface area contributed by atoms with Crippen molar-refractivity contribution in [1.82, 2.24) is 15.3 Å². The van der Waals surface area contributed by atoms with Gasteiger partial charge in [-0.25, -0.2) is 9.97 Å². The number of benzene rings is 1. The smallest absolute Gasteiger partial charge is 0.270 e. The topological polar surface area (TPSA) is 75.1 Å². The third kappa shape index (κ3) is 3.74. The molecule has 1 amide bonds. The Morgan fingerprint density at radius 3 is 2.65 bits per heavy atom. The van der Waals surface area contributed by atoms with Crippen LogP contribution in [0.4, 0.5) is 0 Å². The van der Waals surface area contributed by atoms with Gasteiger partial charge in [-0.3, -0.25) is 4.79 Å². The van der Waals surface area contributed by atoms with E-state index in [4.69, 9.17) is 0 Å². The molecule has 1 aliphatic carbocycles. The summed E-state index contributed by atoms with van der Waals surface area (Å²) in [4.78, 5) is 21.0. The fourth-order valence-corrected chi connectivity index (χ4v) is 2.49. The molecule has 1 aromatic heterocycles. The number of carbonyl (C=O) groups is 1. The molecular formula is C18H21N3O2. The van der Waals surface area contributed by atoms with Crippen LogP contribution in [0.3, 0.4) is 0 Å². The maximum absolute atomic E-state index is 12.4. The molecule has 2 N–H and O–H groups in total. The third-order valence-electron chi connectivity index (χ3n) is 4.13. The van der Waals surface area contributed by atoms with E-state index in [9.17, 15) is 9.90 Å². The van der Waals surface area contributed by atoms with E-state index in [0.717, 1.165) is 30.7 Å². The fraction of sp³-hybridized carbons (Fsp3) is 0.389. The Morgan fingerprint density at radius 2 is 2.04 bits per heavy atom. The highest BCUT2D eigenvalue weighted by atomic mass is 16.3. The molecule has 1 aromatic carbocycles. The van der Waals surface area contributed by atoms with Crippen molar-refractivity contribution in [2.75, 3.05) is 6.61 Å². The normalized spacial score (nSPS) is 15.2. The minimum absolute atomic E-state index is 0.155. The number of hydrogen-bond donors (Lipinski definition) is 2. The van der Waals surface area contributed by atoms with Gasteiger partial charge < -0.3 is 10.4 Å². The summed E-state index contributed by atoms with van der Waals surface area (Å²) in [7, 11) is 0. The molecular weight excluding hydrogens is 290 g/mol. The average Bonchev–Trinajstić information content (AvgIpc) is 3.45. The number of rotatable bonds is 6. The molecule has 1 unspecified atom stereocenters. The molecule has 0 spiro atoms. The summed E-state index contributed by atoms with van der Waals surface area (Å²) in [5.41, 5.74) is 2.46. The van der Waals surface area contributed by atoms with Crippen molar-refractivity contribution in [3.63, 3.8) is 0 Å². The van der Waals surface area contributed by atoms with Gasteiger partial charge in [-0.15, -0.1) is 0 Å². The summed E-state index contributed by atoms with van der Waals surface area (Å²) < 4.78 is 0. The van der Waals surface area contributed by atoms with Crippen molar-refractivity contribution in [2.45, 2.75) is 38.1 Å². The van der Waals surface area contributed by atoms with Crippen molar-refractivity contribution in [2.24, 2.45) is 0 Å². The molecule has 2 aromatic rings. The first-order chi connectivity index (χ1) is 11.2. The first-order valence-corrected chi connectivity index (χ1v) is 8.04.